The predicted octanol–water partition coefficient (Wildman–Crippen LogP) is 5.67. The van der Waals surface area contributed by atoms with Crippen molar-refractivity contribution in [2.45, 2.75) is 31.3 Å². The number of benzene rings is 1. The summed E-state index contributed by atoms with van der Waals surface area (Å²) in [4.78, 5) is 0. The van der Waals surface area contributed by atoms with Crippen LogP contribution in [-0.2, 0) is 5.75 Å². The maximum Gasteiger partial charge on any atom is 0.0406 e. The molecule has 84 valence electrons. The van der Waals surface area contributed by atoms with Gasteiger partial charge >= 0.3 is 0 Å². The van der Waals surface area contributed by atoms with E-state index in [-0.39, 0.29) is 0 Å². The summed E-state index contributed by atoms with van der Waals surface area (Å²) < 4.78 is 0.331. The summed E-state index contributed by atoms with van der Waals surface area (Å²) in [5.41, 5.74) is 1.33. The molecule has 0 amide bonds. The van der Waals surface area contributed by atoms with Gasteiger partial charge in [-0.3, -0.25) is 0 Å². The summed E-state index contributed by atoms with van der Waals surface area (Å²) in [5.74, 6) is 1.03. The van der Waals surface area contributed by atoms with Crippen LogP contribution in [-0.4, -0.2) is 4.75 Å². The second-order valence-corrected chi connectivity index (χ2v) is 9.48. The van der Waals surface area contributed by atoms with Crippen molar-refractivity contribution in [3.05, 3.63) is 34.9 Å². The number of halogens is 1. The first kappa shape index (κ1) is 13.6. The van der Waals surface area contributed by atoms with E-state index in [1.807, 2.05) is 43.5 Å². The zero-order valence-corrected chi connectivity index (χ0v) is 12.3. The molecule has 1 aromatic carbocycles. The molecule has 4 heteroatoms. The monoisotopic (exact) mass is 278 g/mol. The third-order valence-corrected chi connectivity index (χ3v) is 6.66. The average molecular weight is 279 g/mol. The zero-order valence-electron chi connectivity index (χ0n) is 9.12. The molecule has 0 bridgehead atoms. The molecule has 0 aromatic heterocycles. The van der Waals surface area contributed by atoms with Gasteiger partial charge in [0.25, 0.3) is 0 Å². The Morgan fingerprint density at radius 1 is 1.13 bits per heavy atom. The summed E-state index contributed by atoms with van der Waals surface area (Å²) >= 11 is 5.82. The summed E-state index contributed by atoms with van der Waals surface area (Å²) in [6.07, 6.45) is 0. The van der Waals surface area contributed by atoms with Gasteiger partial charge in [0.1, 0.15) is 0 Å². The second kappa shape index (κ2) is 6.33. The summed E-state index contributed by atoms with van der Waals surface area (Å²) in [6, 6.07) is 8.05. The largest absolute Gasteiger partial charge is 0.0843 e. The molecule has 0 atom stereocenters. The van der Waals surface area contributed by atoms with Crippen molar-refractivity contribution in [2.24, 2.45) is 0 Å². The van der Waals surface area contributed by atoms with Gasteiger partial charge in [0.2, 0.25) is 0 Å². The quantitative estimate of drug-likeness (QED) is 0.515. The fourth-order valence-electron chi connectivity index (χ4n) is 0.799. The molecule has 0 radical (unpaired) electrons. The van der Waals surface area contributed by atoms with E-state index in [0.29, 0.717) is 4.75 Å². The molecule has 0 saturated heterocycles. The summed E-state index contributed by atoms with van der Waals surface area (Å²) in [6.45, 7) is 6.69. The highest BCUT2D eigenvalue weighted by atomic mass is 35.5. The van der Waals surface area contributed by atoms with E-state index in [9.17, 15) is 0 Å². The van der Waals surface area contributed by atoms with E-state index in [0.717, 1.165) is 10.8 Å². The molecule has 0 saturated carbocycles. The maximum atomic E-state index is 5.82. The standard InChI is InChI=1S/C11H15ClS3/c1-11(2,3)14-15-13-8-9-4-6-10(12)7-5-9/h4-7H,8H2,1-3H3. The van der Waals surface area contributed by atoms with E-state index < -0.39 is 0 Å². The molecule has 0 aliphatic heterocycles. The van der Waals surface area contributed by atoms with E-state index in [2.05, 4.69) is 32.9 Å². The van der Waals surface area contributed by atoms with Crippen LogP contribution in [0.1, 0.15) is 26.3 Å². The van der Waals surface area contributed by atoms with Gasteiger partial charge in [-0.05, 0) is 27.5 Å². The van der Waals surface area contributed by atoms with Gasteiger partial charge in [-0.15, -0.1) is 0 Å². The lowest BCUT2D eigenvalue weighted by Gasteiger charge is -2.15. The van der Waals surface area contributed by atoms with Crippen LogP contribution in [0.2, 0.25) is 5.02 Å². The van der Waals surface area contributed by atoms with E-state index in [1.165, 1.54) is 5.56 Å². The van der Waals surface area contributed by atoms with Gasteiger partial charge in [-0.1, -0.05) is 66.1 Å². The number of rotatable bonds is 4. The third kappa shape index (κ3) is 6.67. The van der Waals surface area contributed by atoms with Gasteiger partial charge in [-0.2, -0.15) is 0 Å². The van der Waals surface area contributed by atoms with Crippen molar-refractivity contribution in [1.82, 2.24) is 0 Å². The van der Waals surface area contributed by atoms with Crippen LogP contribution < -0.4 is 0 Å². The topological polar surface area (TPSA) is 0 Å². The minimum absolute atomic E-state index is 0.331. The van der Waals surface area contributed by atoms with Gasteiger partial charge in [-0.25, -0.2) is 0 Å². The SMILES string of the molecule is CC(C)(C)SSSCc1ccc(Cl)cc1. The third-order valence-electron chi connectivity index (χ3n) is 1.47. The average Bonchev–Trinajstić information content (AvgIpc) is 2.14. The molecule has 0 nitrogen and oxygen atoms in total. The lowest BCUT2D eigenvalue weighted by molar-refractivity contribution is 0.810. The number of hydrogen-bond donors (Lipinski definition) is 0. The van der Waals surface area contributed by atoms with Gasteiger partial charge in [0, 0.05) is 15.5 Å². The highest BCUT2D eigenvalue weighted by molar-refractivity contribution is 9.09. The Labute approximate surface area is 109 Å². The highest BCUT2D eigenvalue weighted by Crippen LogP contribution is 2.44. The highest BCUT2D eigenvalue weighted by Gasteiger charge is 2.10. The van der Waals surface area contributed by atoms with Crippen LogP contribution in [0.4, 0.5) is 0 Å². The maximum absolute atomic E-state index is 5.82. The molecule has 0 heterocycles. The van der Waals surface area contributed by atoms with Crippen molar-refractivity contribution in [3.63, 3.8) is 0 Å². The minimum atomic E-state index is 0.331. The Morgan fingerprint density at radius 3 is 2.27 bits per heavy atom. The molecule has 0 fully saturated rings. The van der Waals surface area contributed by atoms with Crippen LogP contribution >= 0.6 is 43.0 Å². The lowest BCUT2D eigenvalue weighted by Crippen LogP contribution is -2.03. The predicted molar refractivity (Wildman–Crippen MR) is 77.7 cm³/mol. The summed E-state index contributed by atoms with van der Waals surface area (Å²) in [7, 11) is 5.64. The molecule has 1 aromatic rings. The molecule has 1 rings (SSSR count). The molecule has 0 N–H and O–H groups in total. The van der Waals surface area contributed by atoms with E-state index >= 15 is 0 Å². The Bertz CT molecular complexity index is 290. The van der Waals surface area contributed by atoms with Gasteiger partial charge in [0.05, 0.1) is 0 Å². The number of hydrogen-bond acceptors (Lipinski definition) is 3. The molecular formula is C11H15ClS3. The van der Waals surface area contributed by atoms with Crippen LogP contribution in [0.5, 0.6) is 0 Å². The fraction of sp³-hybridized carbons (Fsp3) is 0.455. The van der Waals surface area contributed by atoms with Crippen LogP contribution in [0.25, 0.3) is 0 Å². The van der Waals surface area contributed by atoms with Crippen molar-refractivity contribution in [1.29, 1.82) is 0 Å². The Kier molecular flexibility index (Phi) is 5.75. The minimum Gasteiger partial charge on any atom is -0.0843 e. The Morgan fingerprint density at radius 2 is 1.73 bits per heavy atom. The van der Waals surface area contributed by atoms with E-state index in [4.69, 9.17) is 11.6 Å². The van der Waals surface area contributed by atoms with E-state index in [1.54, 1.807) is 0 Å². The van der Waals surface area contributed by atoms with Crippen LogP contribution in [0.15, 0.2) is 24.3 Å². The fourth-order valence-corrected chi connectivity index (χ4v) is 5.57. The molecule has 0 aliphatic carbocycles. The summed E-state index contributed by atoms with van der Waals surface area (Å²) in [5, 5.41) is 0.806. The smallest absolute Gasteiger partial charge is 0.0406 e. The van der Waals surface area contributed by atoms with Crippen molar-refractivity contribution in [2.75, 3.05) is 0 Å². The lowest BCUT2D eigenvalue weighted by atomic mass is 10.2. The van der Waals surface area contributed by atoms with Crippen LogP contribution in [0.3, 0.4) is 0 Å². The molecule has 0 unspecified atom stereocenters. The zero-order chi connectivity index (χ0) is 11.3. The molecule has 0 aliphatic rings. The second-order valence-electron chi connectivity index (χ2n) is 4.15. The molecule has 15 heavy (non-hydrogen) atoms. The first-order valence-electron chi connectivity index (χ1n) is 4.69. The van der Waals surface area contributed by atoms with Gasteiger partial charge in [0.15, 0.2) is 0 Å². The van der Waals surface area contributed by atoms with Crippen molar-refractivity contribution >= 4 is 43.0 Å². The Balaban J connectivity index is 2.23. The first-order chi connectivity index (χ1) is 6.97. The van der Waals surface area contributed by atoms with Crippen molar-refractivity contribution in [3.8, 4) is 0 Å². The first-order valence-corrected chi connectivity index (χ1v) is 8.72. The molecular weight excluding hydrogens is 264 g/mol. The Hall–Kier alpha value is 0.560. The normalized spacial score (nSPS) is 11.7. The molecule has 0 spiro atoms. The van der Waals surface area contributed by atoms with Crippen LogP contribution in [0, 0.1) is 0 Å². The van der Waals surface area contributed by atoms with Gasteiger partial charge < -0.3 is 0 Å². The van der Waals surface area contributed by atoms with Crippen molar-refractivity contribution < 1.29 is 0 Å².